The maximum Gasteiger partial charge on any atom is 0.243 e. The maximum atomic E-state index is 12.9. The summed E-state index contributed by atoms with van der Waals surface area (Å²) in [4.78, 5) is 4.62. The first-order valence-corrected chi connectivity index (χ1v) is 11.5. The van der Waals surface area contributed by atoms with Gasteiger partial charge in [-0.1, -0.05) is 48.4 Å². The van der Waals surface area contributed by atoms with Crippen molar-refractivity contribution in [3.8, 4) is 0 Å². The summed E-state index contributed by atoms with van der Waals surface area (Å²) < 4.78 is 27.4. The molecule has 0 amide bonds. The van der Waals surface area contributed by atoms with E-state index < -0.39 is 10.0 Å². The Morgan fingerprint density at radius 1 is 0.967 bits per heavy atom. The topological polar surface area (TPSA) is 73.8 Å². The van der Waals surface area contributed by atoms with E-state index >= 15 is 0 Å². The molecule has 30 heavy (non-hydrogen) atoms. The van der Waals surface area contributed by atoms with Gasteiger partial charge in [0.15, 0.2) is 5.96 Å². The Kier molecular flexibility index (Phi) is 9.57. The molecule has 6 nitrogen and oxygen atoms in total. The number of aliphatic imine (C=N–C) groups is 1. The summed E-state index contributed by atoms with van der Waals surface area (Å²) in [6.45, 7) is 4.46. The highest BCUT2D eigenvalue weighted by molar-refractivity contribution is 14.0. The second kappa shape index (κ2) is 11.7. The molecule has 0 aromatic heterocycles. The minimum Gasteiger partial charge on any atom is -0.352 e. The van der Waals surface area contributed by atoms with E-state index in [2.05, 4.69) is 40.7 Å². The van der Waals surface area contributed by atoms with Gasteiger partial charge in [0.2, 0.25) is 10.0 Å². The Morgan fingerprint density at radius 3 is 2.17 bits per heavy atom. The zero-order valence-electron chi connectivity index (χ0n) is 17.6. The fourth-order valence-corrected chi connectivity index (χ4v) is 5.07. The Balaban J connectivity index is 0.00000320. The highest BCUT2D eigenvalue weighted by atomic mass is 127. The fraction of sp³-hybridized carbons (Fsp3) is 0.409. The molecule has 0 spiro atoms. The third-order valence-corrected chi connectivity index (χ3v) is 6.97. The summed E-state index contributed by atoms with van der Waals surface area (Å²) in [5.74, 6) is 0.677. The standard InChI is InChI=1S/C22H30N4O2S.HI/c1-18-8-6-9-19(14-18)16-24-22(23-2)25-17-20-10-7-11-21(15-20)29(27,28)26-12-4-3-5-13-26;/h6-11,14-15H,3-5,12-13,16-17H2,1-2H3,(H2,23,24,25);1H. The summed E-state index contributed by atoms with van der Waals surface area (Å²) in [6, 6.07) is 15.5. The maximum absolute atomic E-state index is 12.9. The van der Waals surface area contributed by atoms with Crippen molar-refractivity contribution in [1.29, 1.82) is 0 Å². The molecule has 2 aromatic carbocycles. The number of benzene rings is 2. The van der Waals surface area contributed by atoms with Crippen molar-refractivity contribution in [3.05, 3.63) is 65.2 Å². The van der Waals surface area contributed by atoms with Crippen LogP contribution in [-0.4, -0.2) is 38.8 Å². The van der Waals surface area contributed by atoms with Gasteiger partial charge in [-0.15, -0.1) is 24.0 Å². The van der Waals surface area contributed by atoms with E-state index in [1.165, 1.54) is 11.1 Å². The van der Waals surface area contributed by atoms with Crippen LogP contribution in [0.2, 0.25) is 0 Å². The van der Waals surface area contributed by atoms with Gasteiger partial charge < -0.3 is 10.6 Å². The van der Waals surface area contributed by atoms with E-state index in [1.54, 1.807) is 29.6 Å². The van der Waals surface area contributed by atoms with Crippen molar-refractivity contribution in [3.63, 3.8) is 0 Å². The third-order valence-electron chi connectivity index (χ3n) is 5.08. The molecule has 164 valence electrons. The van der Waals surface area contributed by atoms with E-state index in [0.29, 0.717) is 37.0 Å². The molecular weight excluding hydrogens is 511 g/mol. The predicted molar refractivity (Wildman–Crippen MR) is 133 cm³/mol. The lowest BCUT2D eigenvalue weighted by Gasteiger charge is -2.26. The average Bonchev–Trinajstić information content (AvgIpc) is 2.75. The highest BCUT2D eigenvalue weighted by Crippen LogP contribution is 2.21. The molecule has 0 bridgehead atoms. The largest absolute Gasteiger partial charge is 0.352 e. The number of sulfonamides is 1. The second-order valence-electron chi connectivity index (χ2n) is 7.38. The van der Waals surface area contributed by atoms with Crippen LogP contribution in [0.1, 0.15) is 36.0 Å². The molecular formula is C22H31IN4O2S. The number of hydrogen-bond donors (Lipinski definition) is 2. The second-order valence-corrected chi connectivity index (χ2v) is 9.32. The van der Waals surface area contributed by atoms with Gasteiger partial charge in [-0.3, -0.25) is 4.99 Å². The molecule has 0 aliphatic carbocycles. The van der Waals surface area contributed by atoms with Crippen LogP contribution in [-0.2, 0) is 23.1 Å². The summed E-state index contributed by atoms with van der Waals surface area (Å²) in [5.41, 5.74) is 3.31. The summed E-state index contributed by atoms with van der Waals surface area (Å²) in [5, 5.41) is 6.55. The zero-order chi connectivity index (χ0) is 20.7. The number of rotatable bonds is 6. The van der Waals surface area contributed by atoms with E-state index in [9.17, 15) is 8.42 Å². The molecule has 8 heteroatoms. The number of nitrogens with one attached hydrogen (secondary N) is 2. The van der Waals surface area contributed by atoms with E-state index in [-0.39, 0.29) is 24.0 Å². The van der Waals surface area contributed by atoms with Crippen LogP contribution in [0.4, 0.5) is 0 Å². The molecule has 1 heterocycles. The van der Waals surface area contributed by atoms with Gasteiger partial charge in [-0.25, -0.2) is 8.42 Å². The smallest absolute Gasteiger partial charge is 0.243 e. The van der Waals surface area contributed by atoms with Crippen molar-refractivity contribution in [2.45, 2.75) is 44.2 Å². The van der Waals surface area contributed by atoms with Gasteiger partial charge in [0, 0.05) is 33.2 Å². The minimum atomic E-state index is -3.42. The van der Waals surface area contributed by atoms with Gasteiger partial charge in [-0.05, 0) is 43.0 Å². The molecule has 0 unspecified atom stereocenters. The number of hydrogen-bond acceptors (Lipinski definition) is 3. The van der Waals surface area contributed by atoms with Crippen LogP contribution in [0.25, 0.3) is 0 Å². The Bertz CT molecular complexity index is 957. The van der Waals surface area contributed by atoms with Crippen LogP contribution in [0.15, 0.2) is 58.4 Å². The molecule has 0 radical (unpaired) electrons. The number of aryl methyl sites for hydroxylation is 1. The number of halogens is 1. The molecule has 1 aliphatic heterocycles. The van der Waals surface area contributed by atoms with Crippen LogP contribution in [0, 0.1) is 6.92 Å². The van der Waals surface area contributed by atoms with Crippen molar-refractivity contribution in [2.75, 3.05) is 20.1 Å². The predicted octanol–water partition coefficient (Wildman–Crippen LogP) is 3.65. The van der Waals surface area contributed by atoms with Crippen LogP contribution >= 0.6 is 24.0 Å². The zero-order valence-corrected chi connectivity index (χ0v) is 20.7. The van der Waals surface area contributed by atoms with Gasteiger partial charge in [0.05, 0.1) is 4.90 Å². The summed E-state index contributed by atoms with van der Waals surface area (Å²) in [6.07, 6.45) is 2.97. The van der Waals surface area contributed by atoms with E-state index in [1.807, 2.05) is 12.1 Å². The molecule has 2 N–H and O–H groups in total. The Morgan fingerprint density at radius 2 is 1.57 bits per heavy atom. The van der Waals surface area contributed by atoms with Crippen molar-refractivity contribution in [2.24, 2.45) is 4.99 Å². The fourth-order valence-electron chi connectivity index (χ4n) is 3.48. The summed E-state index contributed by atoms with van der Waals surface area (Å²) >= 11 is 0. The Hall–Kier alpha value is -1.65. The molecule has 0 saturated carbocycles. The summed E-state index contributed by atoms with van der Waals surface area (Å²) in [7, 11) is -1.69. The van der Waals surface area contributed by atoms with Crippen LogP contribution < -0.4 is 10.6 Å². The van der Waals surface area contributed by atoms with Crippen LogP contribution in [0.5, 0.6) is 0 Å². The number of guanidine groups is 1. The van der Waals surface area contributed by atoms with Crippen LogP contribution in [0.3, 0.4) is 0 Å². The number of nitrogens with zero attached hydrogens (tertiary/aromatic N) is 2. The van der Waals surface area contributed by atoms with Gasteiger partial charge in [0.25, 0.3) is 0 Å². The van der Waals surface area contributed by atoms with Gasteiger partial charge >= 0.3 is 0 Å². The molecule has 1 aliphatic rings. The van der Waals surface area contributed by atoms with Crippen molar-refractivity contribution in [1.82, 2.24) is 14.9 Å². The molecule has 1 saturated heterocycles. The van der Waals surface area contributed by atoms with E-state index in [4.69, 9.17) is 0 Å². The first-order valence-electron chi connectivity index (χ1n) is 10.1. The number of piperidine rings is 1. The third kappa shape index (κ3) is 6.68. The normalized spacial score (nSPS) is 15.3. The Labute approximate surface area is 197 Å². The van der Waals surface area contributed by atoms with Gasteiger partial charge in [0.1, 0.15) is 0 Å². The monoisotopic (exact) mass is 542 g/mol. The minimum absolute atomic E-state index is 0. The molecule has 0 atom stereocenters. The first-order chi connectivity index (χ1) is 14.0. The van der Waals surface area contributed by atoms with Gasteiger partial charge in [-0.2, -0.15) is 4.31 Å². The van der Waals surface area contributed by atoms with Crippen molar-refractivity contribution >= 4 is 40.0 Å². The molecule has 3 rings (SSSR count). The lowest BCUT2D eigenvalue weighted by atomic mass is 10.1. The quantitative estimate of drug-likeness (QED) is 0.332. The van der Waals surface area contributed by atoms with E-state index in [0.717, 1.165) is 24.8 Å². The average molecular weight is 542 g/mol. The SMILES string of the molecule is CN=C(NCc1cccc(C)c1)NCc1cccc(S(=O)(=O)N2CCCCC2)c1.I. The highest BCUT2D eigenvalue weighted by Gasteiger charge is 2.25. The molecule has 2 aromatic rings. The lowest BCUT2D eigenvalue weighted by Crippen LogP contribution is -2.36. The first kappa shape index (κ1) is 24.6. The molecule has 1 fully saturated rings. The van der Waals surface area contributed by atoms with Crippen molar-refractivity contribution < 1.29 is 8.42 Å². The lowest BCUT2D eigenvalue weighted by molar-refractivity contribution is 0.346.